The first-order chi connectivity index (χ1) is 9.29. The predicted molar refractivity (Wildman–Crippen MR) is 84.7 cm³/mol. The molecule has 3 heterocycles. The molecule has 0 atom stereocenters. The summed E-state index contributed by atoms with van der Waals surface area (Å²) in [4.78, 5) is 2.45. The highest BCUT2D eigenvalue weighted by Crippen LogP contribution is 2.57. The Labute approximate surface area is 119 Å². The van der Waals surface area contributed by atoms with Crippen LogP contribution in [0.2, 0.25) is 0 Å². The molecule has 0 radical (unpaired) electrons. The molecule has 2 aromatic heterocycles. The Kier molecular flexibility index (Phi) is 2.56. The lowest BCUT2D eigenvalue weighted by Gasteiger charge is -2.13. The van der Waals surface area contributed by atoms with Crippen LogP contribution in [-0.4, -0.2) is 0 Å². The summed E-state index contributed by atoms with van der Waals surface area (Å²) in [6.45, 7) is 0. The molecule has 0 unspecified atom stereocenters. The zero-order valence-corrected chi connectivity index (χ0v) is 12.6. The Morgan fingerprint density at radius 2 is 1.42 bits per heavy atom. The molecule has 0 saturated heterocycles. The molecule has 3 aromatic rings. The van der Waals surface area contributed by atoms with Crippen molar-refractivity contribution in [3.63, 3.8) is 0 Å². The summed E-state index contributed by atoms with van der Waals surface area (Å²) in [6.07, 6.45) is 0.640. The minimum absolute atomic E-state index is 0.640. The van der Waals surface area contributed by atoms with E-state index in [9.17, 15) is 4.57 Å². The molecular weight excluding hydrogens is 291 g/mol. The highest BCUT2D eigenvalue weighted by molar-refractivity contribution is 7.80. The molecule has 0 saturated carbocycles. The monoisotopic (exact) mass is 302 g/mol. The fraction of sp³-hybridized carbons (Fsp3) is 0.0667. The van der Waals surface area contributed by atoms with Crippen molar-refractivity contribution in [3.8, 4) is 9.75 Å². The SMILES string of the molecule is O=P1(Cc2ccccc2)c2ccsc2-c2sccc21. The second-order valence-electron chi connectivity index (χ2n) is 4.65. The summed E-state index contributed by atoms with van der Waals surface area (Å²) in [7, 11) is -2.46. The van der Waals surface area contributed by atoms with Gasteiger partial charge in [-0.05, 0) is 28.5 Å². The first-order valence-electron chi connectivity index (χ1n) is 6.08. The molecule has 94 valence electrons. The number of hydrogen-bond donors (Lipinski definition) is 0. The van der Waals surface area contributed by atoms with Gasteiger partial charge in [0.1, 0.15) is 7.14 Å². The number of hydrogen-bond acceptors (Lipinski definition) is 3. The highest BCUT2D eigenvalue weighted by Gasteiger charge is 2.40. The van der Waals surface area contributed by atoms with Crippen LogP contribution in [0.1, 0.15) is 5.56 Å². The molecular formula is C15H11OPS2. The van der Waals surface area contributed by atoms with Crippen LogP contribution in [0.4, 0.5) is 0 Å². The molecule has 1 nitrogen and oxygen atoms in total. The molecule has 0 bridgehead atoms. The van der Waals surface area contributed by atoms with Gasteiger partial charge in [0.2, 0.25) is 0 Å². The fourth-order valence-electron chi connectivity index (χ4n) is 2.65. The van der Waals surface area contributed by atoms with Gasteiger partial charge in [-0.15, -0.1) is 22.7 Å². The average molecular weight is 302 g/mol. The number of benzene rings is 1. The Morgan fingerprint density at radius 1 is 0.842 bits per heavy atom. The molecule has 1 aromatic carbocycles. The molecule has 0 amide bonds. The third kappa shape index (κ3) is 1.62. The van der Waals surface area contributed by atoms with E-state index in [-0.39, 0.29) is 0 Å². The summed E-state index contributed by atoms with van der Waals surface area (Å²) in [6, 6.07) is 14.3. The Morgan fingerprint density at radius 3 is 2.00 bits per heavy atom. The molecule has 1 aliphatic heterocycles. The zero-order chi connectivity index (χ0) is 12.9. The van der Waals surface area contributed by atoms with Crippen molar-refractivity contribution in [2.45, 2.75) is 6.16 Å². The van der Waals surface area contributed by atoms with Gasteiger partial charge in [-0.3, -0.25) is 0 Å². The molecule has 4 rings (SSSR count). The van der Waals surface area contributed by atoms with Gasteiger partial charge < -0.3 is 4.57 Å². The second-order valence-corrected chi connectivity index (χ2v) is 9.24. The van der Waals surface area contributed by atoms with E-state index >= 15 is 0 Å². The normalized spacial score (nSPS) is 15.2. The van der Waals surface area contributed by atoms with Crippen LogP contribution in [0, 0.1) is 0 Å². The van der Waals surface area contributed by atoms with Gasteiger partial charge in [0, 0.05) is 16.8 Å². The van der Waals surface area contributed by atoms with Gasteiger partial charge in [0.15, 0.2) is 0 Å². The van der Waals surface area contributed by atoms with Gasteiger partial charge >= 0.3 is 0 Å². The van der Waals surface area contributed by atoms with E-state index < -0.39 is 7.14 Å². The summed E-state index contributed by atoms with van der Waals surface area (Å²) in [5, 5.41) is 6.27. The molecule has 0 N–H and O–H groups in total. The lowest BCUT2D eigenvalue weighted by atomic mass is 10.2. The van der Waals surface area contributed by atoms with Gasteiger partial charge in [0.05, 0.1) is 9.75 Å². The summed E-state index contributed by atoms with van der Waals surface area (Å²) in [5.41, 5.74) is 1.15. The third-order valence-electron chi connectivity index (χ3n) is 3.52. The van der Waals surface area contributed by atoms with Crippen molar-refractivity contribution < 1.29 is 4.57 Å². The van der Waals surface area contributed by atoms with Crippen LogP contribution < -0.4 is 10.6 Å². The van der Waals surface area contributed by atoms with Crippen molar-refractivity contribution >= 4 is 40.4 Å². The van der Waals surface area contributed by atoms with E-state index in [0.29, 0.717) is 6.16 Å². The zero-order valence-electron chi connectivity index (χ0n) is 10.1. The molecule has 0 spiro atoms. The maximum absolute atomic E-state index is 13.6. The topological polar surface area (TPSA) is 17.1 Å². The van der Waals surface area contributed by atoms with Gasteiger partial charge in [-0.25, -0.2) is 0 Å². The van der Waals surface area contributed by atoms with Crippen LogP contribution >= 0.6 is 29.8 Å². The van der Waals surface area contributed by atoms with Crippen molar-refractivity contribution in [1.82, 2.24) is 0 Å². The Bertz CT molecular complexity index is 741. The predicted octanol–water partition coefficient (Wildman–Crippen LogP) is 4.30. The van der Waals surface area contributed by atoms with Gasteiger partial charge in [-0.1, -0.05) is 30.3 Å². The lowest BCUT2D eigenvalue weighted by molar-refractivity contribution is 0.587. The molecule has 19 heavy (non-hydrogen) atoms. The minimum Gasteiger partial charge on any atom is -0.313 e. The molecule has 4 heteroatoms. The lowest BCUT2D eigenvalue weighted by Crippen LogP contribution is -2.09. The first kappa shape index (κ1) is 11.7. The van der Waals surface area contributed by atoms with E-state index in [2.05, 4.69) is 35.0 Å². The largest absolute Gasteiger partial charge is 0.313 e. The summed E-state index contributed by atoms with van der Waals surface area (Å²) in [5.74, 6) is 0. The maximum atomic E-state index is 13.6. The van der Waals surface area contributed by atoms with Crippen molar-refractivity contribution in [1.29, 1.82) is 0 Å². The third-order valence-corrected chi connectivity index (χ3v) is 8.93. The molecule has 1 aliphatic rings. The average Bonchev–Trinajstić information content (AvgIpc) is 3.11. The van der Waals surface area contributed by atoms with Crippen LogP contribution in [0.3, 0.4) is 0 Å². The minimum atomic E-state index is -2.46. The van der Waals surface area contributed by atoms with Crippen molar-refractivity contribution in [3.05, 3.63) is 58.8 Å². The maximum Gasteiger partial charge on any atom is 0.150 e. The van der Waals surface area contributed by atoms with E-state index in [1.54, 1.807) is 22.7 Å². The Balaban J connectivity index is 1.90. The van der Waals surface area contributed by atoms with Crippen molar-refractivity contribution in [2.24, 2.45) is 0 Å². The number of thiophene rings is 2. The Hall–Kier alpha value is -1.15. The van der Waals surface area contributed by atoms with E-state index in [4.69, 9.17) is 0 Å². The summed E-state index contributed by atoms with van der Waals surface area (Å²) < 4.78 is 13.6. The van der Waals surface area contributed by atoms with E-state index in [1.807, 2.05) is 18.2 Å². The van der Waals surface area contributed by atoms with Crippen LogP contribution in [0.5, 0.6) is 0 Å². The van der Waals surface area contributed by atoms with E-state index in [1.165, 1.54) is 9.75 Å². The van der Waals surface area contributed by atoms with Crippen LogP contribution in [0.15, 0.2) is 53.2 Å². The summed E-state index contributed by atoms with van der Waals surface area (Å²) >= 11 is 3.42. The van der Waals surface area contributed by atoms with Gasteiger partial charge in [-0.2, -0.15) is 0 Å². The smallest absolute Gasteiger partial charge is 0.150 e. The van der Waals surface area contributed by atoms with Crippen LogP contribution in [0.25, 0.3) is 9.75 Å². The quantitative estimate of drug-likeness (QED) is 0.645. The number of rotatable bonds is 2. The van der Waals surface area contributed by atoms with Gasteiger partial charge in [0.25, 0.3) is 0 Å². The second kappa shape index (κ2) is 4.17. The standard InChI is InChI=1S/C15H11OPS2/c16-17(10-11-4-2-1-3-5-11)12-6-8-18-14(12)15-13(17)7-9-19-15/h1-9H,10H2. The van der Waals surface area contributed by atoms with E-state index in [0.717, 1.165) is 16.2 Å². The highest BCUT2D eigenvalue weighted by atomic mass is 32.1. The molecule has 0 fully saturated rings. The fourth-order valence-corrected chi connectivity index (χ4v) is 8.82. The molecule has 0 aliphatic carbocycles. The first-order valence-corrected chi connectivity index (χ1v) is 9.74. The van der Waals surface area contributed by atoms with Crippen molar-refractivity contribution in [2.75, 3.05) is 0 Å². The number of fused-ring (bicyclic) bond motifs is 3. The van der Waals surface area contributed by atoms with Crippen LogP contribution in [-0.2, 0) is 10.7 Å².